The summed E-state index contributed by atoms with van der Waals surface area (Å²) in [5.41, 5.74) is 0.923. The number of hydrogen-bond donors (Lipinski definition) is 2. The smallest absolute Gasteiger partial charge is 0.407 e. The normalized spacial score (nSPS) is 20.2. The molecule has 0 aliphatic carbocycles. The van der Waals surface area contributed by atoms with Crippen LogP contribution in [0.2, 0.25) is 5.02 Å². The highest BCUT2D eigenvalue weighted by Crippen LogP contribution is 2.31. The van der Waals surface area contributed by atoms with E-state index in [1.54, 1.807) is 18.2 Å². The third-order valence-electron chi connectivity index (χ3n) is 7.55. The zero-order valence-corrected chi connectivity index (χ0v) is 20.6. The molecule has 3 saturated heterocycles. The second-order valence-corrected chi connectivity index (χ2v) is 10.2. The van der Waals surface area contributed by atoms with Crippen LogP contribution in [0.25, 0.3) is 0 Å². The quantitative estimate of drug-likeness (QED) is 0.603. The molecule has 0 saturated carbocycles. The second-order valence-electron chi connectivity index (χ2n) is 9.80. The molecule has 0 spiro atoms. The minimum absolute atomic E-state index is 0.0694. The van der Waals surface area contributed by atoms with Gasteiger partial charge in [-0.25, -0.2) is 9.59 Å². The van der Waals surface area contributed by atoms with Crippen LogP contribution in [0.5, 0.6) is 0 Å². The van der Waals surface area contributed by atoms with E-state index in [1.165, 1.54) is 9.80 Å². The molecule has 2 N–H and O–H groups in total. The van der Waals surface area contributed by atoms with Crippen molar-refractivity contribution >= 4 is 41.2 Å². The molecule has 10 heteroatoms. The van der Waals surface area contributed by atoms with Gasteiger partial charge in [0, 0.05) is 44.7 Å². The van der Waals surface area contributed by atoms with Crippen molar-refractivity contribution < 1.29 is 24.3 Å². The Bertz CT molecular complexity index is 971. The van der Waals surface area contributed by atoms with Crippen molar-refractivity contribution in [3.8, 4) is 0 Å². The number of amides is 5. The van der Waals surface area contributed by atoms with E-state index in [0.29, 0.717) is 54.3 Å². The third-order valence-corrected chi connectivity index (χ3v) is 7.87. The van der Waals surface area contributed by atoms with Gasteiger partial charge in [-0.3, -0.25) is 19.8 Å². The third kappa shape index (κ3) is 6.25. The SMILES string of the molecule is O=C1CCN(c2cc(C(=O)N3CCC(CCCC4CCN(C(=O)O)CC4)CC3)ccc2Cl)C(=O)N1. The Balaban J connectivity index is 1.24. The largest absolute Gasteiger partial charge is 0.465 e. The number of nitrogens with zero attached hydrogens (tertiary/aromatic N) is 3. The van der Waals surface area contributed by atoms with Gasteiger partial charge >= 0.3 is 12.1 Å². The van der Waals surface area contributed by atoms with Gasteiger partial charge in [-0.05, 0) is 55.7 Å². The van der Waals surface area contributed by atoms with Gasteiger partial charge in [-0.1, -0.05) is 30.9 Å². The fourth-order valence-electron chi connectivity index (χ4n) is 5.36. The van der Waals surface area contributed by atoms with Gasteiger partial charge in [-0.15, -0.1) is 0 Å². The number of hydrogen-bond acceptors (Lipinski definition) is 4. The summed E-state index contributed by atoms with van der Waals surface area (Å²) in [6.07, 6.45) is 6.68. The Hall–Kier alpha value is -2.81. The van der Waals surface area contributed by atoms with Gasteiger partial charge in [0.15, 0.2) is 0 Å². The average molecular weight is 505 g/mol. The van der Waals surface area contributed by atoms with Crippen molar-refractivity contribution in [1.82, 2.24) is 15.1 Å². The number of likely N-dealkylation sites (tertiary alicyclic amines) is 2. The predicted molar refractivity (Wildman–Crippen MR) is 132 cm³/mol. The summed E-state index contributed by atoms with van der Waals surface area (Å²) in [4.78, 5) is 52.6. The van der Waals surface area contributed by atoms with Crippen LogP contribution in [0.4, 0.5) is 15.3 Å². The van der Waals surface area contributed by atoms with Crippen LogP contribution in [0.1, 0.15) is 61.7 Å². The van der Waals surface area contributed by atoms with Crippen LogP contribution in [0.3, 0.4) is 0 Å². The first-order chi connectivity index (χ1) is 16.8. The van der Waals surface area contributed by atoms with E-state index in [2.05, 4.69) is 5.32 Å². The molecule has 3 fully saturated rings. The molecule has 9 nitrogen and oxygen atoms in total. The predicted octanol–water partition coefficient (Wildman–Crippen LogP) is 4.20. The lowest BCUT2D eigenvalue weighted by molar-refractivity contribution is -0.120. The number of anilines is 1. The zero-order chi connectivity index (χ0) is 24.9. The molecule has 0 aromatic heterocycles. The number of rotatable bonds is 6. The van der Waals surface area contributed by atoms with Crippen molar-refractivity contribution in [3.63, 3.8) is 0 Å². The molecule has 5 amide bonds. The Morgan fingerprint density at radius 2 is 1.54 bits per heavy atom. The highest BCUT2D eigenvalue weighted by molar-refractivity contribution is 6.34. The first-order valence-corrected chi connectivity index (χ1v) is 12.9. The summed E-state index contributed by atoms with van der Waals surface area (Å²) >= 11 is 6.31. The van der Waals surface area contributed by atoms with Crippen LogP contribution in [0.15, 0.2) is 18.2 Å². The molecule has 35 heavy (non-hydrogen) atoms. The number of nitrogens with one attached hydrogen (secondary N) is 1. The molecule has 3 heterocycles. The molecule has 0 unspecified atom stereocenters. The minimum Gasteiger partial charge on any atom is -0.465 e. The highest BCUT2D eigenvalue weighted by atomic mass is 35.5. The Labute approximate surface area is 210 Å². The van der Waals surface area contributed by atoms with Crippen molar-refractivity contribution in [3.05, 3.63) is 28.8 Å². The second kappa shape index (κ2) is 11.3. The number of imide groups is 1. The van der Waals surface area contributed by atoms with Gasteiger partial charge in [0.25, 0.3) is 5.91 Å². The van der Waals surface area contributed by atoms with Gasteiger partial charge in [0.2, 0.25) is 5.91 Å². The van der Waals surface area contributed by atoms with Gasteiger partial charge < -0.3 is 14.9 Å². The fourth-order valence-corrected chi connectivity index (χ4v) is 5.58. The van der Waals surface area contributed by atoms with E-state index in [-0.39, 0.29) is 24.8 Å². The first-order valence-electron chi connectivity index (χ1n) is 12.5. The molecule has 0 bridgehead atoms. The summed E-state index contributed by atoms with van der Waals surface area (Å²) < 4.78 is 0. The summed E-state index contributed by atoms with van der Waals surface area (Å²) in [5.74, 6) is 0.834. The summed E-state index contributed by atoms with van der Waals surface area (Å²) in [6, 6.07) is 4.42. The Morgan fingerprint density at radius 1 is 0.943 bits per heavy atom. The molecule has 190 valence electrons. The molecule has 3 aliphatic heterocycles. The summed E-state index contributed by atoms with van der Waals surface area (Å²) in [7, 11) is 0. The lowest BCUT2D eigenvalue weighted by Gasteiger charge is -2.33. The molecular formula is C25H33ClN4O5. The number of carboxylic acid groups (broad SMARTS) is 1. The standard InChI is InChI=1S/C25H33ClN4O5/c26-20-5-4-19(16-21(20)30-15-10-22(31)27-24(30)33)23(32)28-11-6-17(7-12-28)2-1-3-18-8-13-29(14-9-18)25(34)35/h4-5,16-18H,1-3,6-15H2,(H,34,35)(H,27,31,33). The Kier molecular flexibility index (Phi) is 8.15. The van der Waals surface area contributed by atoms with E-state index < -0.39 is 12.1 Å². The number of halogens is 1. The maximum atomic E-state index is 13.1. The van der Waals surface area contributed by atoms with Crippen LogP contribution >= 0.6 is 11.6 Å². The minimum atomic E-state index is -0.812. The number of carbonyl (C=O) groups is 4. The molecule has 1 aromatic rings. The van der Waals surface area contributed by atoms with Crippen molar-refractivity contribution in [2.45, 2.75) is 51.4 Å². The van der Waals surface area contributed by atoms with Crippen molar-refractivity contribution in [2.24, 2.45) is 11.8 Å². The van der Waals surface area contributed by atoms with Gasteiger partial charge in [0.1, 0.15) is 0 Å². The van der Waals surface area contributed by atoms with E-state index in [4.69, 9.17) is 16.7 Å². The lowest BCUT2D eigenvalue weighted by atomic mass is 9.87. The van der Waals surface area contributed by atoms with Crippen LogP contribution < -0.4 is 10.2 Å². The summed E-state index contributed by atoms with van der Waals surface area (Å²) in [5, 5.41) is 11.7. The maximum Gasteiger partial charge on any atom is 0.407 e. The van der Waals surface area contributed by atoms with Gasteiger partial charge in [0.05, 0.1) is 10.7 Å². The first kappa shape index (κ1) is 25.3. The van der Waals surface area contributed by atoms with E-state index in [1.807, 2.05) is 4.90 Å². The van der Waals surface area contributed by atoms with E-state index >= 15 is 0 Å². The lowest BCUT2D eigenvalue weighted by Crippen LogP contribution is -2.49. The molecular weight excluding hydrogens is 472 g/mol. The number of urea groups is 1. The fraction of sp³-hybridized carbons (Fsp3) is 0.600. The van der Waals surface area contributed by atoms with E-state index in [9.17, 15) is 19.2 Å². The number of piperidine rings is 2. The number of carbonyl (C=O) groups excluding carboxylic acids is 3. The van der Waals surface area contributed by atoms with E-state index in [0.717, 1.165) is 44.9 Å². The van der Waals surface area contributed by atoms with Crippen molar-refractivity contribution in [1.29, 1.82) is 0 Å². The molecule has 0 radical (unpaired) electrons. The Morgan fingerprint density at radius 3 is 2.11 bits per heavy atom. The summed E-state index contributed by atoms with van der Waals surface area (Å²) in [6.45, 7) is 2.93. The van der Waals surface area contributed by atoms with Gasteiger partial charge in [-0.2, -0.15) is 0 Å². The monoisotopic (exact) mass is 504 g/mol. The topological polar surface area (TPSA) is 110 Å². The van der Waals surface area contributed by atoms with Crippen LogP contribution in [0, 0.1) is 11.8 Å². The van der Waals surface area contributed by atoms with Crippen molar-refractivity contribution in [2.75, 3.05) is 37.6 Å². The molecule has 1 aromatic carbocycles. The molecule has 0 atom stereocenters. The van der Waals surface area contributed by atoms with Crippen LogP contribution in [-0.4, -0.2) is 71.6 Å². The highest BCUT2D eigenvalue weighted by Gasteiger charge is 2.29. The maximum absolute atomic E-state index is 13.1. The molecule has 3 aliphatic rings. The van der Waals surface area contributed by atoms with Crippen LogP contribution in [-0.2, 0) is 4.79 Å². The number of benzene rings is 1. The molecule has 4 rings (SSSR count). The zero-order valence-electron chi connectivity index (χ0n) is 19.9. The average Bonchev–Trinajstić information content (AvgIpc) is 2.85.